The monoisotopic (exact) mass is 360 g/mol. The maximum absolute atomic E-state index is 3.85. The maximum atomic E-state index is 3.85. The molecular formula is C12H10BrI. The van der Waals surface area contributed by atoms with E-state index in [-0.39, 0.29) is 0 Å². The van der Waals surface area contributed by atoms with Gasteiger partial charge in [0.2, 0.25) is 0 Å². The van der Waals surface area contributed by atoms with Crippen molar-refractivity contribution in [2.45, 2.75) is 0 Å². The Kier molecular flexibility index (Phi) is 3.59. The van der Waals surface area contributed by atoms with E-state index in [1.807, 2.05) is 0 Å². The molecule has 0 saturated carbocycles. The van der Waals surface area contributed by atoms with Gasteiger partial charge in [-0.25, -0.2) is 0 Å². The standard InChI is InChI=1S/C12H10BrI/c13-14(11-7-3-1-4-8-11)12-9-5-2-6-10-12/h1-10H. The SMILES string of the molecule is BrI(c1ccccc1)c1ccccc1. The predicted molar refractivity (Wildman–Crippen MR) is 73.2 cm³/mol. The van der Waals surface area contributed by atoms with Crippen molar-refractivity contribution in [3.05, 3.63) is 67.8 Å². The molecule has 0 amide bonds. The molecule has 2 heteroatoms. The van der Waals surface area contributed by atoms with Gasteiger partial charge in [0.25, 0.3) is 0 Å². The van der Waals surface area contributed by atoms with Gasteiger partial charge in [0.1, 0.15) is 0 Å². The van der Waals surface area contributed by atoms with Crippen LogP contribution in [0.2, 0.25) is 0 Å². The quantitative estimate of drug-likeness (QED) is 0.689. The third-order valence-electron chi connectivity index (χ3n) is 1.85. The molecule has 0 aliphatic heterocycles. The summed E-state index contributed by atoms with van der Waals surface area (Å²) in [6, 6.07) is 21.3. The first-order valence-electron chi connectivity index (χ1n) is 4.34. The molecule has 0 nitrogen and oxygen atoms in total. The molecule has 0 unspecified atom stereocenters. The van der Waals surface area contributed by atoms with E-state index >= 15 is 0 Å². The van der Waals surface area contributed by atoms with Crippen molar-refractivity contribution < 1.29 is 0 Å². The van der Waals surface area contributed by atoms with E-state index in [1.54, 1.807) is 0 Å². The van der Waals surface area contributed by atoms with Gasteiger partial charge in [0, 0.05) is 0 Å². The molecule has 0 saturated heterocycles. The summed E-state index contributed by atoms with van der Waals surface area (Å²) in [5.41, 5.74) is 0. The molecule has 0 radical (unpaired) electrons. The van der Waals surface area contributed by atoms with Crippen LogP contribution in [0.3, 0.4) is 0 Å². The number of halogens is 2. The zero-order valence-corrected chi connectivity index (χ0v) is 11.3. The van der Waals surface area contributed by atoms with Gasteiger partial charge in [0.15, 0.2) is 0 Å². The van der Waals surface area contributed by atoms with Gasteiger partial charge >= 0.3 is 98.1 Å². The van der Waals surface area contributed by atoms with Crippen molar-refractivity contribution in [2.75, 3.05) is 0 Å². The molecule has 0 N–H and O–H groups in total. The average Bonchev–Trinajstić information content (AvgIpc) is 2.30. The second-order valence-corrected chi connectivity index (χ2v) is 10.7. The van der Waals surface area contributed by atoms with Crippen LogP contribution >= 0.6 is 30.3 Å². The van der Waals surface area contributed by atoms with Crippen molar-refractivity contribution in [1.29, 1.82) is 0 Å². The molecular weight excluding hydrogens is 351 g/mol. The molecule has 14 heavy (non-hydrogen) atoms. The van der Waals surface area contributed by atoms with E-state index in [2.05, 4.69) is 73.4 Å². The Morgan fingerprint density at radius 1 is 0.643 bits per heavy atom. The van der Waals surface area contributed by atoms with Crippen LogP contribution in [0, 0.1) is 7.14 Å². The van der Waals surface area contributed by atoms with Crippen molar-refractivity contribution in [2.24, 2.45) is 0 Å². The zero-order valence-electron chi connectivity index (χ0n) is 7.53. The Labute approximate surface area is 97.5 Å². The van der Waals surface area contributed by atoms with Crippen LogP contribution in [-0.4, -0.2) is 0 Å². The molecule has 0 fully saturated rings. The third-order valence-corrected chi connectivity index (χ3v) is 10.1. The first kappa shape index (κ1) is 10.2. The van der Waals surface area contributed by atoms with Crippen LogP contribution in [0.25, 0.3) is 0 Å². The summed E-state index contributed by atoms with van der Waals surface area (Å²) in [6.45, 7) is 0. The fraction of sp³-hybridized carbons (Fsp3) is 0. The molecule has 0 aliphatic rings. The molecule has 2 aromatic rings. The number of hydrogen-bond acceptors (Lipinski definition) is 0. The minimum absolute atomic E-state index is 1.29. The van der Waals surface area contributed by atoms with Gasteiger partial charge in [0.05, 0.1) is 0 Å². The molecule has 0 aliphatic carbocycles. The second-order valence-electron chi connectivity index (χ2n) is 2.83. The first-order chi connectivity index (χ1) is 6.88. The predicted octanol–water partition coefficient (Wildman–Crippen LogP) is 4.54. The molecule has 2 aromatic carbocycles. The number of hydrogen-bond donors (Lipinski definition) is 0. The van der Waals surface area contributed by atoms with E-state index in [1.165, 1.54) is 7.14 Å². The van der Waals surface area contributed by atoms with Crippen LogP contribution < -0.4 is 0 Å². The summed E-state index contributed by atoms with van der Waals surface area (Å²) < 4.78 is 2.89. The fourth-order valence-corrected chi connectivity index (χ4v) is 6.67. The molecule has 0 bridgehead atoms. The third kappa shape index (κ3) is 2.36. The van der Waals surface area contributed by atoms with Gasteiger partial charge in [-0.15, -0.1) is 0 Å². The summed E-state index contributed by atoms with van der Waals surface area (Å²) in [4.78, 5) is 0. The Bertz CT molecular complexity index is 346. The van der Waals surface area contributed by atoms with Gasteiger partial charge in [-0.3, -0.25) is 0 Å². The van der Waals surface area contributed by atoms with Crippen LogP contribution in [0.4, 0.5) is 0 Å². The van der Waals surface area contributed by atoms with Gasteiger partial charge in [-0.2, -0.15) is 0 Å². The van der Waals surface area contributed by atoms with Gasteiger partial charge in [-0.05, 0) is 0 Å². The summed E-state index contributed by atoms with van der Waals surface area (Å²) in [6.07, 6.45) is 0. The molecule has 2 rings (SSSR count). The molecule has 0 heterocycles. The Balaban J connectivity index is 2.30. The van der Waals surface area contributed by atoms with E-state index in [0.717, 1.165) is 0 Å². The fourth-order valence-electron chi connectivity index (χ4n) is 1.18. The van der Waals surface area contributed by atoms with Gasteiger partial charge in [-0.1, -0.05) is 0 Å². The topological polar surface area (TPSA) is 0 Å². The Morgan fingerprint density at radius 2 is 1.00 bits per heavy atom. The number of benzene rings is 2. The summed E-state index contributed by atoms with van der Waals surface area (Å²) in [5.74, 6) is 0. The van der Waals surface area contributed by atoms with Crippen LogP contribution in [-0.2, 0) is 0 Å². The molecule has 72 valence electrons. The minimum atomic E-state index is -1.29. The van der Waals surface area contributed by atoms with E-state index in [4.69, 9.17) is 0 Å². The average molecular weight is 361 g/mol. The molecule has 0 aromatic heterocycles. The van der Waals surface area contributed by atoms with Crippen molar-refractivity contribution in [3.8, 4) is 0 Å². The summed E-state index contributed by atoms with van der Waals surface area (Å²) in [7, 11) is 0. The molecule has 0 spiro atoms. The van der Waals surface area contributed by atoms with Crippen LogP contribution in [0.1, 0.15) is 0 Å². The van der Waals surface area contributed by atoms with Crippen LogP contribution in [0.5, 0.6) is 0 Å². The molecule has 0 atom stereocenters. The number of rotatable bonds is 2. The Hall–Kier alpha value is -0.350. The first-order valence-corrected chi connectivity index (χ1v) is 11.3. The van der Waals surface area contributed by atoms with E-state index < -0.39 is 17.6 Å². The summed E-state index contributed by atoms with van der Waals surface area (Å²) in [5, 5.41) is 0. The summed E-state index contributed by atoms with van der Waals surface area (Å²) >= 11 is 2.56. The Morgan fingerprint density at radius 3 is 1.36 bits per heavy atom. The van der Waals surface area contributed by atoms with Gasteiger partial charge < -0.3 is 0 Å². The normalized spacial score (nSPS) is 11.1. The van der Waals surface area contributed by atoms with Crippen LogP contribution in [0.15, 0.2) is 60.7 Å². The van der Waals surface area contributed by atoms with E-state index in [0.29, 0.717) is 0 Å². The van der Waals surface area contributed by atoms with E-state index in [9.17, 15) is 0 Å². The van der Waals surface area contributed by atoms with Crippen molar-refractivity contribution >= 4 is 30.3 Å². The van der Waals surface area contributed by atoms with Crippen molar-refractivity contribution in [1.82, 2.24) is 0 Å². The second kappa shape index (κ2) is 4.94. The van der Waals surface area contributed by atoms with Crippen molar-refractivity contribution in [3.63, 3.8) is 0 Å². The zero-order chi connectivity index (χ0) is 9.80.